The molecule has 0 bridgehead atoms. The zero-order valence-corrected chi connectivity index (χ0v) is 11.1. The molecule has 0 saturated carbocycles. The number of benzene rings is 1. The van der Waals surface area contributed by atoms with Crippen molar-refractivity contribution in [3.63, 3.8) is 0 Å². The fourth-order valence-electron chi connectivity index (χ4n) is 1.92. The van der Waals surface area contributed by atoms with Crippen LogP contribution >= 0.6 is 0 Å². The van der Waals surface area contributed by atoms with Gasteiger partial charge in [-0.05, 0) is 20.0 Å². The summed E-state index contributed by atoms with van der Waals surface area (Å²) in [5, 5.41) is 3.05. The van der Waals surface area contributed by atoms with Gasteiger partial charge in [0.15, 0.2) is 11.6 Å². The van der Waals surface area contributed by atoms with Crippen LogP contribution in [-0.4, -0.2) is 24.1 Å². The summed E-state index contributed by atoms with van der Waals surface area (Å²) < 4.78 is 19.3. The molecule has 100 valence electrons. The molecule has 4 nitrogen and oxygen atoms in total. The van der Waals surface area contributed by atoms with Gasteiger partial charge >= 0.3 is 0 Å². The van der Waals surface area contributed by atoms with Gasteiger partial charge in [0.25, 0.3) is 0 Å². The summed E-state index contributed by atoms with van der Waals surface area (Å²) in [6, 6.07) is 4.69. The Labute approximate surface area is 111 Å². The second kappa shape index (κ2) is 5.75. The summed E-state index contributed by atoms with van der Waals surface area (Å²) in [7, 11) is 3.20. The Morgan fingerprint density at radius 2 is 2.05 bits per heavy atom. The van der Waals surface area contributed by atoms with Crippen LogP contribution in [-0.2, 0) is 0 Å². The standard InChI is InChI=1S/C14H16FN3O/c1-9-7-18-11(8-17-9)14(16-2)10-5-4-6-12(19-3)13(10)15/h4-8,14,16H,1-3H3. The smallest absolute Gasteiger partial charge is 0.170 e. The van der Waals surface area contributed by atoms with E-state index in [1.807, 2.05) is 6.92 Å². The van der Waals surface area contributed by atoms with Crippen molar-refractivity contribution < 1.29 is 9.13 Å². The quantitative estimate of drug-likeness (QED) is 0.917. The maximum atomic E-state index is 14.3. The fraction of sp³-hybridized carbons (Fsp3) is 0.286. The Hall–Kier alpha value is -2.01. The van der Waals surface area contributed by atoms with Gasteiger partial charge in [0.05, 0.1) is 30.7 Å². The lowest BCUT2D eigenvalue weighted by atomic mass is 10.0. The molecule has 19 heavy (non-hydrogen) atoms. The Kier molecular flexibility index (Phi) is 4.06. The monoisotopic (exact) mass is 261 g/mol. The number of aromatic nitrogens is 2. The highest BCUT2D eigenvalue weighted by atomic mass is 19.1. The molecule has 0 aliphatic heterocycles. The summed E-state index contributed by atoms with van der Waals surface area (Å²) in [5.74, 6) is -0.162. The van der Waals surface area contributed by atoms with Crippen LogP contribution in [0, 0.1) is 12.7 Å². The molecule has 0 saturated heterocycles. The first-order valence-electron chi connectivity index (χ1n) is 5.95. The van der Waals surface area contributed by atoms with Crippen molar-refractivity contribution in [1.82, 2.24) is 15.3 Å². The molecular formula is C14H16FN3O. The molecule has 0 fully saturated rings. The molecule has 5 heteroatoms. The SMILES string of the molecule is CNC(c1cnc(C)cn1)c1cccc(OC)c1F. The van der Waals surface area contributed by atoms with E-state index < -0.39 is 0 Å². The largest absolute Gasteiger partial charge is 0.494 e. The van der Waals surface area contributed by atoms with E-state index in [1.165, 1.54) is 7.11 Å². The van der Waals surface area contributed by atoms with Crippen molar-refractivity contribution in [3.05, 3.63) is 53.4 Å². The molecule has 1 aromatic carbocycles. The minimum atomic E-state index is -0.383. The number of ether oxygens (including phenoxy) is 1. The van der Waals surface area contributed by atoms with Gasteiger partial charge in [-0.1, -0.05) is 12.1 Å². The molecule has 0 radical (unpaired) electrons. The number of nitrogens with zero attached hydrogens (tertiary/aromatic N) is 2. The van der Waals surface area contributed by atoms with Crippen molar-refractivity contribution in [2.45, 2.75) is 13.0 Å². The molecule has 1 aromatic heterocycles. The maximum absolute atomic E-state index is 14.3. The Bertz CT molecular complexity index is 557. The molecule has 0 spiro atoms. The third kappa shape index (κ3) is 2.71. The Balaban J connectivity index is 2.45. The lowest BCUT2D eigenvalue weighted by molar-refractivity contribution is 0.382. The fourth-order valence-corrected chi connectivity index (χ4v) is 1.92. The highest BCUT2D eigenvalue weighted by Crippen LogP contribution is 2.27. The molecule has 1 atom stereocenters. The third-order valence-corrected chi connectivity index (χ3v) is 2.91. The van der Waals surface area contributed by atoms with E-state index in [4.69, 9.17) is 4.74 Å². The van der Waals surface area contributed by atoms with Crippen molar-refractivity contribution in [2.24, 2.45) is 0 Å². The van der Waals surface area contributed by atoms with Crippen LogP contribution in [0.4, 0.5) is 4.39 Å². The zero-order chi connectivity index (χ0) is 13.8. The first-order valence-corrected chi connectivity index (χ1v) is 5.95. The van der Waals surface area contributed by atoms with E-state index in [9.17, 15) is 4.39 Å². The molecular weight excluding hydrogens is 245 g/mol. The van der Waals surface area contributed by atoms with E-state index in [-0.39, 0.29) is 17.6 Å². The van der Waals surface area contributed by atoms with Crippen molar-refractivity contribution >= 4 is 0 Å². The number of halogens is 1. The van der Waals surface area contributed by atoms with Crippen LogP contribution in [0.15, 0.2) is 30.6 Å². The predicted octanol–water partition coefficient (Wildman–Crippen LogP) is 2.24. The average molecular weight is 261 g/mol. The molecule has 1 unspecified atom stereocenters. The van der Waals surface area contributed by atoms with Crippen molar-refractivity contribution in [3.8, 4) is 5.75 Å². The van der Waals surface area contributed by atoms with Crippen molar-refractivity contribution in [1.29, 1.82) is 0 Å². The molecule has 1 heterocycles. The first-order chi connectivity index (χ1) is 9.17. The van der Waals surface area contributed by atoms with Gasteiger partial charge in [-0.25, -0.2) is 4.39 Å². The van der Waals surface area contributed by atoms with Gasteiger partial charge in [0.1, 0.15) is 0 Å². The minimum absolute atomic E-state index is 0.220. The number of rotatable bonds is 4. The summed E-state index contributed by atoms with van der Waals surface area (Å²) in [5.41, 5.74) is 1.98. The van der Waals surface area contributed by atoms with Crippen LogP contribution in [0.2, 0.25) is 0 Å². The second-order valence-corrected chi connectivity index (χ2v) is 4.17. The van der Waals surface area contributed by atoms with E-state index in [0.717, 1.165) is 5.69 Å². The van der Waals surface area contributed by atoms with E-state index >= 15 is 0 Å². The minimum Gasteiger partial charge on any atom is -0.494 e. The Morgan fingerprint density at radius 1 is 1.26 bits per heavy atom. The van der Waals surface area contributed by atoms with Crippen LogP contribution < -0.4 is 10.1 Å². The average Bonchev–Trinajstić information content (AvgIpc) is 2.43. The number of hydrogen-bond acceptors (Lipinski definition) is 4. The number of methoxy groups -OCH3 is 1. The summed E-state index contributed by atoms with van der Waals surface area (Å²) >= 11 is 0. The van der Waals surface area contributed by atoms with Gasteiger partial charge < -0.3 is 10.1 Å². The van der Waals surface area contributed by atoms with E-state index in [2.05, 4.69) is 15.3 Å². The lowest BCUT2D eigenvalue weighted by Crippen LogP contribution is -2.20. The Morgan fingerprint density at radius 3 is 2.63 bits per heavy atom. The van der Waals surface area contributed by atoms with Crippen LogP contribution in [0.3, 0.4) is 0 Å². The van der Waals surface area contributed by atoms with Gasteiger partial charge in [-0.15, -0.1) is 0 Å². The normalized spacial score (nSPS) is 12.2. The third-order valence-electron chi connectivity index (χ3n) is 2.91. The molecule has 2 rings (SSSR count). The number of nitrogens with one attached hydrogen (secondary N) is 1. The maximum Gasteiger partial charge on any atom is 0.170 e. The highest BCUT2D eigenvalue weighted by molar-refractivity contribution is 5.36. The van der Waals surface area contributed by atoms with Crippen LogP contribution in [0.1, 0.15) is 23.0 Å². The highest BCUT2D eigenvalue weighted by Gasteiger charge is 2.20. The lowest BCUT2D eigenvalue weighted by Gasteiger charge is -2.17. The van der Waals surface area contributed by atoms with Crippen LogP contribution in [0.5, 0.6) is 5.75 Å². The van der Waals surface area contributed by atoms with E-state index in [1.54, 1.807) is 37.6 Å². The molecule has 2 aromatic rings. The molecule has 0 aliphatic rings. The van der Waals surface area contributed by atoms with Gasteiger partial charge in [0, 0.05) is 11.8 Å². The molecule has 1 N–H and O–H groups in total. The summed E-state index contributed by atoms with van der Waals surface area (Å²) in [6.45, 7) is 1.86. The first kappa shape index (κ1) is 13.4. The molecule has 0 aliphatic carbocycles. The summed E-state index contributed by atoms with van der Waals surface area (Å²) in [4.78, 5) is 8.48. The predicted molar refractivity (Wildman–Crippen MR) is 70.6 cm³/mol. The van der Waals surface area contributed by atoms with Crippen molar-refractivity contribution in [2.75, 3.05) is 14.2 Å². The summed E-state index contributed by atoms with van der Waals surface area (Å²) in [6.07, 6.45) is 3.31. The van der Waals surface area contributed by atoms with Crippen LogP contribution in [0.25, 0.3) is 0 Å². The zero-order valence-electron chi connectivity index (χ0n) is 11.1. The topological polar surface area (TPSA) is 47.0 Å². The second-order valence-electron chi connectivity index (χ2n) is 4.17. The molecule has 0 amide bonds. The number of hydrogen-bond donors (Lipinski definition) is 1. The van der Waals surface area contributed by atoms with Gasteiger partial charge in [-0.3, -0.25) is 9.97 Å². The van der Waals surface area contributed by atoms with E-state index in [0.29, 0.717) is 11.3 Å². The van der Waals surface area contributed by atoms with Gasteiger partial charge in [0.2, 0.25) is 0 Å². The number of aryl methyl sites for hydroxylation is 1. The van der Waals surface area contributed by atoms with Gasteiger partial charge in [-0.2, -0.15) is 0 Å².